The molecule has 0 spiro atoms. The van der Waals surface area contributed by atoms with Crippen molar-refractivity contribution in [1.82, 2.24) is 21.1 Å². The Hall–Kier alpha value is -2.32. The molecule has 3 rings (SSSR count). The SMILES string of the molecule is CC(=O)C1CC(C(=O)NC2CC(=O)N(CCc3ccc(F)cc3)C2)NN1. The molecule has 7 nitrogen and oxygen atoms in total. The summed E-state index contributed by atoms with van der Waals surface area (Å²) in [6.45, 7) is 2.48. The maximum atomic E-state index is 12.9. The van der Waals surface area contributed by atoms with Crippen molar-refractivity contribution in [3.05, 3.63) is 35.6 Å². The van der Waals surface area contributed by atoms with Crippen LogP contribution in [0.1, 0.15) is 25.3 Å². The van der Waals surface area contributed by atoms with Crippen LogP contribution in [0.2, 0.25) is 0 Å². The molecule has 2 aliphatic heterocycles. The average Bonchev–Trinajstić information content (AvgIpc) is 3.22. The van der Waals surface area contributed by atoms with E-state index in [2.05, 4.69) is 16.2 Å². The van der Waals surface area contributed by atoms with E-state index >= 15 is 0 Å². The smallest absolute Gasteiger partial charge is 0.238 e. The first-order valence-electron chi connectivity index (χ1n) is 8.76. The summed E-state index contributed by atoms with van der Waals surface area (Å²) in [4.78, 5) is 37.5. The number of hydrogen-bond acceptors (Lipinski definition) is 5. The van der Waals surface area contributed by atoms with Gasteiger partial charge in [0.15, 0.2) is 0 Å². The number of Topliss-reactive ketones (excluding diaryl/α,β-unsaturated/α-hetero) is 1. The van der Waals surface area contributed by atoms with Gasteiger partial charge in [0.25, 0.3) is 0 Å². The molecular formula is C18H23FN4O3. The molecular weight excluding hydrogens is 339 g/mol. The van der Waals surface area contributed by atoms with Crippen LogP contribution in [0.15, 0.2) is 24.3 Å². The summed E-state index contributed by atoms with van der Waals surface area (Å²) >= 11 is 0. The van der Waals surface area contributed by atoms with Crippen molar-refractivity contribution in [3.63, 3.8) is 0 Å². The van der Waals surface area contributed by atoms with Gasteiger partial charge in [0.05, 0.1) is 12.1 Å². The first-order valence-corrected chi connectivity index (χ1v) is 8.76. The second kappa shape index (κ2) is 7.92. The predicted octanol–water partition coefficient (Wildman–Crippen LogP) is -0.0906. The number of carbonyl (C=O) groups is 3. The lowest BCUT2D eigenvalue weighted by Crippen LogP contribution is -2.47. The average molecular weight is 362 g/mol. The van der Waals surface area contributed by atoms with E-state index in [0.29, 0.717) is 25.9 Å². The van der Waals surface area contributed by atoms with Crippen molar-refractivity contribution in [2.75, 3.05) is 13.1 Å². The van der Waals surface area contributed by atoms with E-state index in [1.54, 1.807) is 17.0 Å². The van der Waals surface area contributed by atoms with Gasteiger partial charge in [-0.3, -0.25) is 14.4 Å². The highest BCUT2D eigenvalue weighted by Crippen LogP contribution is 2.14. The number of likely N-dealkylation sites (tertiary alicyclic amines) is 1. The summed E-state index contributed by atoms with van der Waals surface area (Å²) in [5.41, 5.74) is 6.59. The van der Waals surface area contributed by atoms with E-state index in [0.717, 1.165) is 5.56 Å². The van der Waals surface area contributed by atoms with Crippen molar-refractivity contribution in [1.29, 1.82) is 0 Å². The minimum atomic E-state index is -0.479. The van der Waals surface area contributed by atoms with Crippen LogP contribution in [0, 0.1) is 5.82 Å². The van der Waals surface area contributed by atoms with Crippen molar-refractivity contribution in [3.8, 4) is 0 Å². The number of carbonyl (C=O) groups excluding carboxylic acids is 3. The molecule has 0 aliphatic carbocycles. The van der Waals surface area contributed by atoms with E-state index < -0.39 is 6.04 Å². The lowest BCUT2D eigenvalue weighted by molar-refractivity contribution is -0.127. The lowest BCUT2D eigenvalue weighted by Gasteiger charge is -2.18. The number of amides is 2. The minimum Gasteiger partial charge on any atom is -0.350 e. The highest BCUT2D eigenvalue weighted by molar-refractivity contribution is 5.87. The number of hydrogen-bond donors (Lipinski definition) is 3. The molecule has 1 aromatic carbocycles. The molecule has 2 aliphatic rings. The quantitative estimate of drug-likeness (QED) is 0.658. The number of rotatable bonds is 6. The summed E-state index contributed by atoms with van der Waals surface area (Å²) in [7, 11) is 0. The number of hydrazine groups is 1. The van der Waals surface area contributed by atoms with E-state index in [-0.39, 0.29) is 41.9 Å². The predicted molar refractivity (Wildman–Crippen MR) is 92.4 cm³/mol. The Kier molecular flexibility index (Phi) is 5.63. The molecule has 0 saturated carbocycles. The topological polar surface area (TPSA) is 90.5 Å². The standard InChI is InChI=1S/C18H23FN4O3/c1-11(24)15-9-16(22-21-15)18(26)20-14-8-17(25)23(10-14)7-6-12-2-4-13(19)5-3-12/h2-5,14-16,21-22H,6-10H2,1H3,(H,20,26). The maximum Gasteiger partial charge on any atom is 0.238 e. The Balaban J connectivity index is 1.46. The normalized spacial score (nSPS) is 25.5. The van der Waals surface area contributed by atoms with E-state index in [1.165, 1.54) is 19.1 Å². The fraction of sp³-hybridized carbons (Fsp3) is 0.500. The zero-order valence-corrected chi connectivity index (χ0v) is 14.6. The van der Waals surface area contributed by atoms with Crippen molar-refractivity contribution in [2.24, 2.45) is 0 Å². The first kappa shape index (κ1) is 18.5. The summed E-state index contributed by atoms with van der Waals surface area (Å²) in [6, 6.07) is 5.15. The molecule has 0 radical (unpaired) electrons. The highest BCUT2D eigenvalue weighted by atomic mass is 19.1. The van der Waals surface area contributed by atoms with Crippen LogP contribution in [-0.2, 0) is 20.8 Å². The van der Waals surface area contributed by atoms with Gasteiger partial charge < -0.3 is 10.2 Å². The summed E-state index contributed by atoms with van der Waals surface area (Å²) < 4.78 is 12.9. The summed E-state index contributed by atoms with van der Waals surface area (Å²) in [5, 5.41) is 2.88. The van der Waals surface area contributed by atoms with Gasteiger partial charge in [0, 0.05) is 19.5 Å². The Bertz CT molecular complexity index is 694. The molecule has 3 atom stereocenters. The monoisotopic (exact) mass is 362 g/mol. The van der Waals surface area contributed by atoms with Gasteiger partial charge in [-0.1, -0.05) is 12.1 Å². The number of ketones is 1. The molecule has 140 valence electrons. The molecule has 8 heteroatoms. The third-order valence-electron chi connectivity index (χ3n) is 4.85. The molecule has 26 heavy (non-hydrogen) atoms. The van der Waals surface area contributed by atoms with Gasteiger partial charge in [-0.05, 0) is 37.5 Å². The van der Waals surface area contributed by atoms with Gasteiger partial charge in [0.2, 0.25) is 11.8 Å². The Labute approximate surface area is 151 Å². The number of halogens is 1. The fourth-order valence-electron chi connectivity index (χ4n) is 3.30. The summed E-state index contributed by atoms with van der Waals surface area (Å²) in [5.74, 6) is -0.512. The van der Waals surface area contributed by atoms with Gasteiger partial charge in [-0.25, -0.2) is 15.2 Å². The largest absolute Gasteiger partial charge is 0.350 e. The van der Waals surface area contributed by atoms with Gasteiger partial charge in [-0.2, -0.15) is 0 Å². The second-order valence-corrected chi connectivity index (χ2v) is 6.87. The first-order chi connectivity index (χ1) is 12.4. The molecule has 3 unspecified atom stereocenters. The van der Waals surface area contributed by atoms with E-state index in [9.17, 15) is 18.8 Å². The minimum absolute atomic E-state index is 0.00321. The van der Waals surface area contributed by atoms with Crippen LogP contribution in [0.3, 0.4) is 0 Å². The van der Waals surface area contributed by atoms with Gasteiger partial charge >= 0.3 is 0 Å². The fourth-order valence-corrected chi connectivity index (χ4v) is 3.30. The van der Waals surface area contributed by atoms with Crippen LogP contribution in [-0.4, -0.2) is 53.7 Å². The Morgan fingerprint density at radius 2 is 1.92 bits per heavy atom. The van der Waals surface area contributed by atoms with Crippen LogP contribution in [0.5, 0.6) is 0 Å². The molecule has 2 amide bonds. The second-order valence-electron chi connectivity index (χ2n) is 6.87. The molecule has 0 bridgehead atoms. The van der Waals surface area contributed by atoms with Crippen LogP contribution >= 0.6 is 0 Å². The van der Waals surface area contributed by atoms with Gasteiger partial charge in [-0.15, -0.1) is 0 Å². The maximum absolute atomic E-state index is 12.9. The third kappa shape index (κ3) is 4.44. The molecule has 1 aromatic rings. The molecule has 2 fully saturated rings. The van der Waals surface area contributed by atoms with Crippen LogP contribution < -0.4 is 16.2 Å². The van der Waals surface area contributed by atoms with E-state index in [4.69, 9.17) is 0 Å². The molecule has 2 saturated heterocycles. The molecule has 2 heterocycles. The molecule has 0 aromatic heterocycles. The van der Waals surface area contributed by atoms with Crippen molar-refractivity contribution < 1.29 is 18.8 Å². The van der Waals surface area contributed by atoms with Crippen LogP contribution in [0.4, 0.5) is 4.39 Å². The zero-order valence-electron chi connectivity index (χ0n) is 14.6. The van der Waals surface area contributed by atoms with Crippen LogP contribution in [0.25, 0.3) is 0 Å². The summed E-state index contributed by atoms with van der Waals surface area (Å²) in [6.07, 6.45) is 1.31. The lowest BCUT2D eigenvalue weighted by atomic mass is 10.1. The van der Waals surface area contributed by atoms with Gasteiger partial charge in [0.1, 0.15) is 17.6 Å². The zero-order chi connectivity index (χ0) is 18.7. The van der Waals surface area contributed by atoms with Crippen molar-refractivity contribution >= 4 is 17.6 Å². The highest BCUT2D eigenvalue weighted by Gasteiger charge is 2.35. The Morgan fingerprint density at radius 1 is 1.23 bits per heavy atom. The molecule has 3 N–H and O–H groups in total. The third-order valence-corrected chi connectivity index (χ3v) is 4.85. The number of nitrogens with one attached hydrogen (secondary N) is 3. The van der Waals surface area contributed by atoms with Crippen molar-refractivity contribution in [2.45, 2.75) is 44.3 Å². The number of nitrogens with zero attached hydrogens (tertiary/aromatic N) is 1. The number of benzene rings is 1. The Morgan fingerprint density at radius 3 is 2.58 bits per heavy atom. The van der Waals surface area contributed by atoms with E-state index in [1.807, 2.05) is 0 Å².